The van der Waals surface area contributed by atoms with E-state index < -0.39 is 33.0 Å². The number of carbonyl (C=O) groups is 1. The Labute approximate surface area is 231 Å². The molecule has 2 N–H and O–H groups in total. The fourth-order valence-electron chi connectivity index (χ4n) is 4.28. The van der Waals surface area contributed by atoms with E-state index in [4.69, 9.17) is 14.9 Å². The zero-order chi connectivity index (χ0) is 28.7. The summed E-state index contributed by atoms with van der Waals surface area (Å²) in [5.74, 6) is -0.186. The summed E-state index contributed by atoms with van der Waals surface area (Å²) in [4.78, 5) is 19.1. The molecule has 1 atom stereocenters. The highest BCUT2D eigenvalue weighted by atomic mass is 32.2. The van der Waals surface area contributed by atoms with E-state index in [0.717, 1.165) is 16.8 Å². The lowest BCUT2D eigenvalue weighted by molar-refractivity contribution is -0.119. The molecule has 204 valence electrons. The number of fused-ring (bicyclic) bond motifs is 1. The third-order valence-electron chi connectivity index (χ3n) is 6.62. The Morgan fingerprint density at radius 1 is 1.12 bits per heavy atom. The molecule has 0 spiro atoms. The molecule has 3 heterocycles. The maximum Gasteiger partial charge on any atom is 0.247 e. The van der Waals surface area contributed by atoms with Gasteiger partial charge in [0.1, 0.15) is 11.2 Å². The van der Waals surface area contributed by atoms with E-state index in [-0.39, 0.29) is 28.9 Å². The number of methoxy groups -OCH3 is 1. The molecule has 40 heavy (non-hydrogen) atoms. The van der Waals surface area contributed by atoms with Crippen molar-refractivity contribution in [2.45, 2.75) is 36.7 Å². The van der Waals surface area contributed by atoms with Gasteiger partial charge in [-0.25, -0.2) is 8.42 Å². The lowest BCUT2D eigenvalue weighted by atomic mass is 9.96. The van der Waals surface area contributed by atoms with Crippen molar-refractivity contribution >= 4 is 21.4 Å². The van der Waals surface area contributed by atoms with Crippen LogP contribution in [0.4, 0.5) is 5.69 Å². The fourth-order valence-corrected chi connectivity index (χ4v) is 5.84. The number of nitrogens with zero attached hydrogens (tertiary/aromatic N) is 5. The third-order valence-corrected chi connectivity index (χ3v) is 8.43. The van der Waals surface area contributed by atoms with Crippen LogP contribution >= 0.6 is 0 Å². The topological polar surface area (TPSA) is 165 Å². The van der Waals surface area contributed by atoms with Crippen LogP contribution in [0.25, 0.3) is 22.7 Å². The van der Waals surface area contributed by atoms with Crippen LogP contribution in [-0.4, -0.2) is 48.4 Å². The van der Waals surface area contributed by atoms with Crippen LogP contribution in [0.15, 0.2) is 70.1 Å². The molecular formula is C28H26N6O5S. The summed E-state index contributed by atoms with van der Waals surface area (Å²) in [5, 5.41) is 17.4. The fraction of sp³-hybridized carbons (Fsp3) is 0.250. The Hall–Kier alpha value is -4.60. The predicted molar refractivity (Wildman–Crippen MR) is 146 cm³/mol. The molecule has 12 heteroatoms. The average Bonchev–Trinajstić information content (AvgIpc) is 3.45. The van der Waals surface area contributed by atoms with E-state index in [2.05, 4.69) is 21.3 Å². The minimum absolute atomic E-state index is 0.0197. The minimum atomic E-state index is -3.87. The Kier molecular flexibility index (Phi) is 6.87. The van der Waals surface area contributed by atoms with Gasteiger partial charge in [-0.2, -0.15) is 5.26 Å². The van der Waals surface area contributed by atoms with Crippen molar-refractivity contribution in [3.05, 3.63) is 72.2 Å². The Morgan fingerprint density at radius 2 is 1.85 bits per heavy atom. The molecule has 0 saturated carbocycles. The van der Waals surface area contributed by atoms with E-state index in [1.54, 1.807) is 27.2 Å². The molecule has 0 unspecified atom stereocenters. The molecule has 1 amide bonds. The third kappa shape index (κ3) is 5.04. The maximum absolute atomic E-state index is 13.4. The first-order valence-electron chi connectivity index (χ1n) is 12.3. The molecule has 0 saturated heterocycles. The molecule has 0 aliphatic carbocycles. The van der Waals surface area contributed by atoms with Gasteiger partial charge in [0.25, 0.3) is 0 Å². The van der Waals surface area contributed by atoms with Crippen LogP contribution in [0.2, 0.25) is 0 Å². The Balaban J connectivity index is 1.52. The maximum atomic E-state index is 13.4. The summed E-state index contributed by atoms with van der Waals surface area (Å²) in [6.45, 7) is 3.36. The summed E-state index contributed by atoms with van der Waals surface area (Å²) in [6, 6.07) is 16.4. The summed E-state index contributed by atoms with van der Waals surface area (Å²) in [6.07, 6.45) is 1.63. The molecule has 1 aliphatic rings. The predicted octanol–water partition coefficient (Wildman–Crippen LogP) is 3.26. The number of ether oxygens (including phenoxy) is 1. The quantitative estimate of drug-likeness (QED) is 0.371. The van der Waals surface area contributed by atoms with Crippen molar-refractivity contribution in [2.24, 2.45) is 5.73 Å². The standard InChI is InChI=1S/C28H26N6O5S/c1-28(2,16-29)27-33-32-25(39-27)19-8-11-24-23(12-19)34(26(35)21(30)15-40(24,36)37)14-17-4-6-18(7-5-17)22-10-9-20(38-3)13-31-22/h4-13,21H,14-15,30H2,1-3H3/t21-/m0/s1. The van der Waals surface area contributed by atoms with E-state index in [1.165, 1.54) is 23.1 Å². The second-order valence-corrected chi connectivity index (χ2v) is 11.9. The number of pyridine rings is 1. The van der Waals surface area contributed by atoms with Crippen molar-refractivity contribution in [1.82, 2.24) is 15.2 Å². The van der Waals surface area contributed by atoms with Gasteiger partial charge in [0.2, 0.25) is 17.7 Å². The van der Waals surface area contributed by atoms with Gasteiger partial charge in [-0.1, -0.05) is 24.3 Å². The highest BCUT2D eigenvalue weighted by Gasteiger charge is 2.36. The lowest BCUT2D eigenvalue weighted by Gasteiger charge is -2.24. The summed E-state index contributed by atoms with van der Waals surface area (Å²) in [7, 11) is -2.30. The number of anilines is 1. The number of nitriles is 1. The zero-order valence-corrected chi connectivity index (χ0v) is 22.8. The molecule has 2 aromatic carbocycles. The number of hydrogen-bond acceptors (Lipinski definition) is 10. The SMILES string of the molecule is COc1ccc(-c2ccc(CN3C(=O)[C@@H](N)CS(=O)(=O)c4ccc(-c5nnc(C(C)(C)C#N)o5)cc43)cc2)nc1. The molecule has 0 fully saturated rings. The van der Waals surface area contributed by atoms with Crippen molar-refractivity contribution in [2.75, 3.05) is 17.8 Å². The normalized spacial score (nSPS) is 16.6. The number of nitrogens with two attached hydrogens (primary N) is 1. The summed E-state index contributed by atoms with van der Waals surface area (Å²) < 4.78 is 37.2. The molecule has 1 aliphatic heterocycles. The van der Waals surface area contributed by atoms with Gasteiger partial charge in [-0.15, -0.1) is 10.2 Å². The van der Waals surface area contributed by atoms with Gasteiger partial charge >= 0.3 is 0 Å². The number of carbonyl (C=O) groups excluding carboxylic acids is 1. The molecule has 4 aromatic rings. The van der Waals surface area contributed by atoms with Gasteiger partial charge in [0, 0.05) is 11.1 Å². The first-order chi connectivity index (χ1) is 19.0. The molecule has 0 radical (unpaired) electrons. The van der Waals surface area contributed by atoms with Crippen molar-refractivity contribution in [1.29, 1.82) is 5.26 Å². The number of amides is 1. The number of aromatic nitrogens is 3. The van der Waals surface area contributed by atoms with Gasteiger partial charge in [-0.05, 0) is 49.7 Å². The summed E-state index contributed by atoms with van der Waals surface area (Å²) in [5.41, 5.74) is 7.97. The molecule has 2 aromatic heterocycles. The molecule has 11 nitrogen and oxygen atoms in total. The molecule has 5 rings (SSSR count). The largest absolute Gasteiger partial charge is 0.495 e. The Bertz CT molecular complexity index is 1720. The minimum Gasteiger partial charge on any atom is -0.495 e. The van der Waals surface area contributed by atoms with Crippen LogP contribution in [-0.2, 0) is 26.6 Å². The van der Waals surface area contributed by atoms with Crippen LogP contribution < -0.4 is 15.4 Å². The lowest BCUT2D eigenvalue weighted by Crippen LogP contribution is -2.45. The number of rotatable bonds is 6. The number of sulfone groups is 1. The van der Waals surface area contributed by atoms with Crippen molar-refractivity contribution in [3.63, 3.8) is 0 Å². The average molecular weight is 559 g/mol. The number of benzene rings is 2. The second kappa shape index (κ2) is 10.2. The van der Waals surface area contributed by atoms with E-state index in [1.807, 2.05) is 36.4 Å². The summed E-state index contributed by atoms with van der Waals surface area (Å²) >= 11 is 0. The van der Waals surface area contributed by atoms with Gasteiger partial charge < -0.3 is 19.8 Å². The first-order valence-corrected chi connectivity index (χ1v) is 14.0. The second-order valence-electron chi connectivity index (χ2n) is 9.92. The first kappa shape index (κ1) is 27.0. The van der Waals surface area contributed by atoms with Crippen LogP contribution in [0.1, 0.15) is 25.3 Å². The smallest absolute Gasteiger partial charge is 0.247 e. The monoisotopic (exact) mass is 558 g/mol. The van der Waals surface area contributed by atoms with Crippen LogP contribution in [0, 0.1) is 11.3 Å². The van der Waals surface area contributed by atoms with Crippen LogP contribution in [0.5, 0.6) is 5.75 Å². The highest BCUT2D eigenvalue weighted by molar-refractivity contribution is 7.91. The van der Waals surface area contributed by atoms with Gasteiger partial charge in [0.05, 0.1) is 54.0 Å². The van der Waals surface area contributed by atoms with Crippen molar-refractivity contribution < 1.29 is 22.4 Å². The molecule has 0 bridgehead atoms. The number of hydrogen-bond donors (Lipinski definition) is 1. The van der Waals surface area contributed by atoms with E-state index in [0.29, 0.717) is 11.3 Å². The highest BCUT2D eigenvalue weighted by Crippen LogP contribution is 2.36. The van der Waals surface area contributed by atoms with Crippen molar-refractivity contribution in [3.8, 4) is 34.5 Å². The zero-order valence-electron chi connectivity index (χ0n) is 22.0. The Morgan fingerprint density at radius 3 is 2.50 bits per heavy atom. The van der Waals surface area contributed by atoms with Gasteiger partial charge in [-0.3, -0.25) is 9.78 Å². The van der Waals surface area contributed by atoms with Crippen LogP contribution in [0.3, 0.4) is 0 Å². The molecular weight excluding hydrogens is 532 g/mol. The van der Waals surface area contributed by atoms with Gasteiger partial charge in [0.15, 0.2) is 9.84 Å². The van der Waals surface area contributed by atoms with E-state index >= 15 is 0 Å². The van der Waals surface area contributed by atoms with E-state index in [9.17, 15) is 18.5 Å².